The number of hydrogen-bond acceptors (Lipinski definition) is 4. The lowest BCUT2D eigenvalue weighted by molar-refractivity contribution is 0.359. The van der Waals surface area contributed by atoms with E-state index in [-0.39, 0.29) is 0 Å². The first-order chi connectivity index (χ1) is 9.28. The molecule has 4 nitrogen and oxygen atoms in total. The quantitative estimate of drug-likeness (QED) is 0.892. The van der Waals surface area contributed by atoms with Gasteiger partial charge >= 0.3 is 0 Å². The first-order valence-electron chi connectivity index (χ1n) is 6.88. The summed E-state index contributed by atoms with van der Waals surface area (Å²) in [6, 6.07) is 8.45. The van der Waals surface area contributed by atoms with Gasteiger partial charge in [-0.25, -0.2) is 0 Å². The minimum absolute atomic E-state index is 0.320. The van der Waals surface area contributed by atoms with Crippen molar-refractivity contribution < 1.29 is 4.52 Å². The van der Waals surface area contributed by atoms with Gasteiger partial charge in [-0.1, -0.05) is 36.3 Å². The average molecular weight is 257 g/mol. The van der Waals surface area contributed by atoms with Crippen molar-refractivity contribution in [1.82, 2.24) is 10.1 Å². The maximum atomic E-state index is 5.61. The summed E-state index contributed by atoms with van der Waals surface area (Å²) in [5, 5.41) is 4.12. The molecule has 0 saturated heterocycles. The van der Waals surface area contributed by atoms with Crippen LogP contribution in [0.25, 0.3) is 0 Å². The van der Waals surface area contributed by atoms with Crippen LogP contribution in [0.15, 0.2) is 28.8 Å². The molecule has 0 bridgehead atoms. The molecule has 0 radical (unpaired) electrons. The minimum Gasteiger partial charge on any atom is -0.339 e. The SMILES string of the molecule is CC(CN)CCc1nc(C2Cc3ccccc32)no1. The monoisotopic (exact) mass is 257 g/mol. The molecular weight excluding hydrogens is 238 g/mol. The van der Waals surface area contributed by atoms with Crippen LogP contribution >= 0.6 is 0 Å². The van der Waals surface area contributed by atoms with Crippen molar-refractivity contribution >= 4 is 0 Å². The fourth-order valence-corrected chi connectivity index (χ4v) is 2.49. The molecule has 1 aliphatic carbocycles. The lowest BCUT2D eigenvalue weighted by Gasteiger charge is -2.27. The van der Waals surface area contributed by atoms with Gasteiger partial charge in [0.05, 0.1) is 5.92 Å². The first kappa shape index (κ1) is 12.4. The molecule has 3 rings (SSSR count). The largest absolute Gasteiger partial charge is 0.339 e. The highest BCUT2D eigenvalue weighted by Crippen LogP contribution is 2.38. The van der Waals surface area contributed by atoms with Gasteiger partial charge in [-0.2, -0.15) is 4.98 Å². The Morgan fingerprint density at radius 3 is 3.05 bits per heavy atom. The van der Waals surface area contributed by atoms with E-state index in [1.165, 1.54) is 11.1 Å². The molecule has 0 spiro atoms. The summed E-state index contributed by atoms with van der Waals surface area (Å²) in [6.45, 7) is 2.84. The van der Waals surface area contributed by atoms with Gasteiger partial charge in [0.25, 0.3) is 0 Å². The van der Waals surface area contributed by atoms with Gasteiger partial charge in [-0.05, 0) is 36.4 Å². The van der Waals surface area contributed by atoms with Crippen LogP contribution in [-0.2, 0) is 12.8 Å². The van der Waals surface area contributed by atoms with Crippen molar-refractivity contribution in [2.75, 3.05) is 6.54 Å². The third-order valence-corrected chi connectivity index (χ3v) is 3.90. The number of fused-ring (bicyclic) bond motifs is 1. The van der Waals surface area contributed by atoms with Crippen molar-refractivity contribution in [2.45, 2.75) is 32.1 Å². The maximum Gasteiger partial charge on any atom is 0.226 e. The normalized spacial score (nSPS) is 18.7. The van der Waals surface area contributed by atoms with Crippen molar-refractivity contribution in [3.63, 3.8) is 0 Å². The van der Waals surface area contributed by atoms with Gasteiger partial charge < -0.3 is 10.3 Å². The van der Waals surface area contributed by atoms with Crippen LogP contribution in [0.1, 0.15) is 42.1 Å². The van der Waals surface area contributed by atoms with Gasteiger partial charge in [0.15, 0.2) is 5.82 Å². The van der Waals surface area contributed by atoms with Gasteiger partial charge in [0, 0.05) is 6.42 Å². The molecule has 1 aliphatic rings. The molecule has 0 fully saturated rings. The number of benzene rings is 1. The van der Waals surface area contributed by atoms with Crippen LogP contribution in [0.4, 0.5) is 0 Å². The summed E-state index contributed by atoms with van der Waals surface area (Å²) in [7, 11) is 0. The summed E-state index contributed by atoms with van der Waals surface area (Å²) >= 11 is 0. The van der Waals surface area contributed by atoms with E-state index in [4.69, 9.17) is 10.3 Å². The Balaban J connectivity index is 1.67. The van der Waals surface area contributed by atoms with Gasteiger partial charge in [-0.3, -0.25) is 0 Å². The third-order valence-electron chi connectivity index (χ3n) is 3.90. The molecule has 2 aromatic rings. The molecule has 1 heterocycles. The summed E-state index contributed by atoms with van der Waals surface area (Å²) in [4.78, 5) is 4.52. The average Bonchev–Trinajstić information content (AvgIpc) is 2.86. The number of nitrogens with two attached hydrogens (primary N) is 1. The Morgan fingerprint density at radius 2 is 2.26 bits per heavy atom. The molecule has 2 N–H and O–H groups in total. The zero-order chi connectivity index (χ0) is 13.2. The Bertz CT molecular complexity index is 564. The molecule has 1 aromatic heterocycles. The maximum absolute atomic E-state index is 5.61. The van der Waals surface area contributed by atoms with E-state index in [1.807, 2.05) is 0 Å². The van der Waals surface area contributed by atoms with Crippen molar-refractivity contribution in [2.24, 2.45) is 11.7 Å². The van der Waals surface area contributed by atoms with Crippen molar-refractivity contribution in [3.05, 3.63) is 47.1 Å². The molecule has 19 heavy (non-hydrogen) atoms. The van der Waals surface area contributed by atoms with Gasteiger partial charge in [-0.15, -0.1) is 0 Å². The fourth-order valence-electron chi connectivity index (χ4n) is 2.49. The summed E-state index contributed by atoms with van der Waals surface area (Å²) < 4.78 is 5.33. The zero-order valence-corrected chi connectivity index (χ0v) is 11.2. The molecule has 2 unspecified atom stereocenters. The van der Waals surface area contributed by atoms with Crippen molar-refractivity contribution in [3.8, 4) is 0 Å². The summed E-state index contributed by atoms with van der Waals surface area (Å²) in [5.74, 6) is 2.38. The second-order valence-electron chi connectivity index (χ2n) is 5.38. The fraction of sp³-hybridized carbons (Fsp3) is 0.467. The molecule has 2 atom stereocenters. The van der Waals surface area contributed by atoms with Crippen LogP contribution in [-0.4, -0.2) is 16.7 Å². The Hall–Kier alpha value is -1.68. The second kappa shape index (κ2) is 5.13. The number of hydrogen-bond donors (Lipinski definition) is 1. The van der Waals surface area contributed by atoms with E-state index in [1.54, 1.807) is 0 Å². The number of aryl methyl sites for hydroxylation is 1. The minimum atomic E-state index is 0.320. The molecule has 1 aromatic carbocycles. The van der Waals surface area contributed by atoms with E-state index in [2.05, 4.69) is 41.3 Å². The zero-order valence-electron chi connectivity index (χ0n) is 11.2. The first-order valence-corrected chi connectivity index (χ1v) is 6.88. The Labute approximate surface area is 113 Å². The van der Waals surface area contributed by atoms with Crippen LogP contribution < -0.4 is 5.73 Å². The number of nitrogens with zero attached hydrogens (tertiary/aromatic N) is 2. The summed E-state index contributed by atoms with van der Waals surface area (Å²) in [5.41, 5.74) is 8.34. The van der Waals surface area contributed by atoms with Gasteiger partial charge in [0.2, 0.25) is 5.89 Å². The smallest absolute Gasteiger partial charge is 0.226 e. The topological polar surface area (TPSA) is 64.9 Å². The number of rotatable bonds is 5. The lowest BCUT2D eigenvalue weighted by atomic mass is 9.77. The van der Waals surface area contributed by atoms with Crippen LogP contribution in [0.5, 0.6) is 0 Å². The second-order valence-corrected chi connectivity index (χ2v) is 5.38. The van der Waals surface area contributed by atoms with E-state index in [0.717, 1.165) is 31.0 Å². The molecule has 0 saturated carbocycles. The molecular formula is C15H19N3O. The van der Waals surface area contributed by atoms with Crippen LogP contribution in [0.2, 0.25) is 0 Å². The third kappa shape index (κ3) is 2.40. The predicted octanol–water partition coefficient (Wildman–Crippen LogP) is 2.29. The molecule has 100 valence electrons. The van der Waals surface area contributed by atoms with Gasteiger partial charge in [0.1, 0.15) is 0 Å². The van der Waals surface area contributed by atoms with Crippen LogP contribution in [0.3, 0.4) is 0 Å². The van der Waals surface area contributed by atoms with Crippen LogP contribution in [0, 0.1) is 5.92 Å². The number of aromatic nitrogens is 2. The Morgan fingerprint density at radius 1 is 1.42 bits per heavy atom. The van der Waals surface area contributed by atoms with E-state index < -0.39 is 0 Å². The van der Waals surface area contributed by atoms with E-state index >= 15 is 0 Å². The molecule has 4 heteroatoms. The lowest BCUT2D eigenvalue weighted by Crippen LogP contribution is -2.19. The standard InChI is InChI=1S/C15H19N3O/c1-10(9-16)6-7-14-17-15(18-19-14)13-8-11-4-2-3-5-12(11)13/h2-5,10,13H,6-9,16H2,1H3. The molecule has 0 amide bonds. The highest BCUT2D eigenvalue weighted by molar-refractivity contribution is 5.43. The van der Waals surface area contributed by atoms with E-state index in [9.17, 15) is 0 Å². The highest BCUT2D eigenvalue weighted by atomic mass is 16.5. The predicted molar refractivity (Wildman–Crippen MR) is 72.8 cm³/mol. The highest BCUT2D eigenvalue weighted by Gasteiger charge is 2.30. The molecule has 0 aliphatic heterocycles. The van der Waals surface area contributed by atoms with Crippen molar-refractivity contribution in [1.29, 1.82) is 0 Å². The summed E-state index contributed by atoms with van der Waals surface area (Å²) in [6.07, 6.45) is 2.84. The Kier molecular flexibility index (Phi) is 3.34. The van der Waals surface area contributed by atoms with E-state index in [0.29, 0.717) is 18.4 Å².